The maximum Gasteiger partial charge on any atom is 0.155 e. The van der Waals surface area contributed by atoms with Crippen molar-refractivity contribution in [2.75, 3.05) is 5.32 Å². The molecule has 118 valence electrons. The van der Waals surface area contributed by atoms with Gasteiger partial charge in [-0.2, -0.15) is 10.2 Å². The van der Waals surface area contributed by atoms with Crippen molar-refractivity contribution >= 4 is 5.69 Å². The fourth-order valence-corrected chi connectivity index (χ4v) is 2.61. The third-order valence-corrected chi connectivity index (χ3v) is 3.78. The van der Waals surface area contributed by atoms with Crippen LogP contribution >= 0.6 is 0 Å². The molecule has 2 aromatic carbocycles. The summed E-state index contributed by atoms with van der Waals surface area (Å²) in [6.07, 6.45) is 5.24. The number of hydrogen-bond acceptors (Lipinski definition) is 4. The van der Waals surface area contributed by atoms with E-state index in [4.69, 9.17) is 0 Å². The highest BCUT2D eigenvalue weighted by atomic mass is 15.3. The Morgan fingerprint density at radius 2 is 2.00 bits per heavy atom. The van der Waals surface area contributed by atoms with Gasteiger partial charge < -0.3 is 5.32 Å². The molecule has 2 aromatic heterocycles. The van der Waals surface area contributed by atoms with E-state index in [1.54, 1.807) is 6.20 Å². The highest BCUT2D eigenvalue weighted by Crippen LogP contribution is 2.20. The van der Waals surface area contributed by atoms with Crippen molar-refractivity contribution in [3.63, 3.8) is 0 Å². The molecule has 0 amide bonds. The van der Waals surface area contributed by atoms with Crippen molar-refractivity contribution in [3.05, 3.63) is 78.9 Å². The van der Waals surface area contributed by atoms with Gasteiger partial charge in [0.15, 0.2) is 5.82 Å². The van der Waals surface area contributed by atoms with Crippen LogP contribution in [0.2, 0.25) is 0 Å². The van der Waals surface area contributed by atoms with Crippen molar-refractivity contribution in [3.8, 4) is 17.1 Å². The summed E-state index contributed by atoms with van der Waals surface area (Å²) < 4.78 is 1.88. The second kappa shape index (κ2) is 6.37. The van der Waals surface area contributed by atoms with Crippen LogP contribution in [0, 0.1) is 0 Å². The molecule has 0 spiro atoms. The summed E-state index contributed by atoms with van der Waals surface area (Å²) in [5, 5.41) is 14.6. The van der Waals surface area contributed by atoms with Gasteiger partial charge in [0.1, 0.15) is 6.33 Å². The molecule has 6 heteroatoms. The van der Waals surface area contributed by atoms with Crippen LogP contribution in [-0.4, -0.2) is 25.0 Å². The van der Waals surface area contributed by atoms with Gasteiger partial charge in [-0.3, -0.25) is 5.10 Å². The van der Waals surface area contributed by atoms with Gasteiger partial charge in [-0.05, 0) is 29.8 Å². The normalized spacial score (nSPS) is 10.7. The molecule has 6 nitrogen and oxygen atoms in total. The first-order chi connectivity index (χ1) is 11.9. The van der Waals surface area contributed by atoms with E-state index in [0.717, 1.165) is 22.8 Å². The number of hydrogen-bond donors (Lipinski definition) is 2. The monoisotopic (exact) mass is 316 g/mol. The molecule has 0 aliphatic rings. The Balaban J connectivity index is 1.55. The number of aromatic nitrogens is 5. The van der Waals surface area contributed by atoms with Crippen LogP contribution in [0.15, 0.2) is 73.3 Å². The zero-order valence-corrected chi connectivity index (χ0v) is 12.9. The molecule has 4 rings (SSSR count). The Morgan fingerprint density at radius 3 is 2.83 bits per heavy atom. The Hall–Kier alpha value is -3.41. The van der Waals surface area contributed by atoms with Crippen molar-refractivity contribution in [2.45, 2.75) is 6.54 Å². The molecule has 2 heterocycles. The zero-order valence-electron chi connectivity index (χ0n) is 12.9. The highest BCUT2D eigenvalue weighted by Gasteiger charge is 2.05. The summed E-state index contributed by atoms with van der Waals surface area (Å²) in [5.74, 6) is 0.760. The maximum absolute atomic E-state index is 4.32. The second-order valence-corrected chi connectivity index (χ2v) is 5.35. The first kappa shape index (κ1) is 14.2. The Morgan fingerprint density at radius 1 is 1.04 bits per heavy atom. The minimum atomic E-state index is 0.704. The number of nitrogens with zero attached hydrogens (tertiary/aromatic N) is 4. The Labute approximate surface area is 139 Å². The van der Waals surface area contributed by atoms with Gasteiger partial charge in [0.25, 0.3) is 0 Å². The predicted octanol–water partition coefficient (Wildman–Crippen LogP) is 3.27. The van der Waals surface area contributed by atoms with Crippen LogP contribution in [0.1, 0.15) is 5.56 Å². The van der Waals surface area contributed by atoms with Crippen LogP contribution < -0.4 is 5.32 Å². The molecule has 0 aliphatic carbocycles. The molecule has 0 aliphatic heterocycles. The van der Waals surface area contributed by atoms with Crippen LogP contribution in [0.5, 0.6) is 0 Å². The van der Waals surface area contributed by atoms with Crippen molar-refractivity contribution in [1.82, 2.24) is 25.0 Å². The van der Waals surface area contributed by atoms with Gasteiger partial charge in [-0.1, -0.05) is 30.3 Å². The molecule has 0 bridgehead atoms. The zero-order chi connectivity index (χ0) is 16.2. The predicted molar refractivity (Wildman–Crippen MR) is 92.7 cm³/mol. The lowest BCUT2D eigenvalue weighted by molar-refractivity contribution is 0.864. The van der Waals surface area contributed by atoms with E-state index in [9.17, 15) is 0 Å². The number of para-hydroxylation sites is 1. The van der Waals surface area contributed by atoms with Crippen LogP contribution in [0.3, 0.4) is 0 Å². The lowest BCUT2D eigenvalue weighted by Gasteiger charge is -2.12. The first-order valence-electron chi connectivity index (χ1n) is 7.68. The van der Waals surface area contributed by atoms with E-state index in [2.05, 4.69) is 43.8 Å². The van der Waals surface area contributed by atoms with E-state index < -0.39 is 0 Å². The number of benzene rings is 2. The molecule has 0 atom stereocenters. The molecule has 0 radical (unpaired) electrons. The van der Waals surface area contributed by atoms with Crippen LogP contribution in [0.25, 0.3) is 17.1 Å². The summed E-state index contributed by atoms with van der Waals surface area (Å²) in [5.41, 5.74) is 4.27. The van der Waals surface area contributed by atoms with E-state index in [1.165, 1.54) is 11.9 Å². The molecule has 24 heavy (non-hydrogen) atoms. The third kappa shape index (κ3) is 2.89. The van der Waals surface area contributed by atoms with Gasteiger partial charge in [-0.25, -0.2) is 9.67 Å². The summed E-state index contributed by atoms with van der Waals surface area (Å²) in [4.78, 5) is 4.19. The quantitative estimate of drug-likeness (QED) is 0.593. The highest BCUT2D eigenvalue weighted by molar-refractivity contribution is 5.62. The smallest absolute Gasteiger partial charge is 0.155 e. The summed E-state index contributed by atoms with van der Waals surface area (Å²) in [6.45, 7) is 0.704. The van der Waals surface area contributed by atoms with E-state index in [-0.39, 0.29) is 0 Å². The maximum atomic E-state index is 4.32. The fraction of sp³-hybridized carbons (Fsp3) is 0.0556. The minimum Gasteiger partial charge on any atom is -0.381 e. The van der Waals surface area contributed by atoms with E-state index in [0.29, 0.717) is 6.54 Å². The van der Waals surface area contributed by atoms with E-state index in [1.807, 2.05) is 47.3 Å². The molecule has 0 fully saturated rings. The lowest BCUT2D eigenvalue weighted by atomic mass is 10.1. The fourth-order valence-electron chi connectivity index (χ4n) is 2.61. The van der Waals surface area contributed by atoms with Gasteiger partial charge in [0.05, 0.1) is 5.69 Å². The number of anilines is 1. The van der Waals surface area contributed by atoms with Gasteiger partial charge in [0, 0.05) is 30.2 Å². The Bertz CT molecular complexity index is 912. The molecule has 0 unspecified atom stereocenters. The molecule has 0 saturated heterocycles. The first-order valence-corrected chi connectivity index (χ1v) is 7.68. The summed E-state index contributed by atoms with van der Waals surface area (Å²) >= 11 is 0. The molecular formula is C18H16N6. The average Bonchev–Trinajstić information content (AvgIpc) is 3.34. The van der Waals surface area contributed by atoms with Gasteiger partial charge in [0.2, 0.25) is 0 Å². The van der Waals surface area contributed by atoms with Gasteiger partial charge >= 0.3 is 0 Å². The SMILES string of the molecule is c1cc(NCc2ccccc2-n2cccn2)cc(-c2ncn[nH]2)c1. The minimum absolute atomic E-state index is 0.704. The topological polar surface area (TPSA) is 71.4 Å². The van der Waals surface area contributed by atoms with Crippen molar-refractivity contribution in [2.24, 2.45) is 0 Å². The van der Waals surface area contributed by atoms with Crippen molar-refractivity contribution in [1.29, 1.82) is 0 Å². The number of aromatic amines is 1. The average molecular weight is 316 g/mol. The molecule has 0 saturated carbocycles. The summed E-state index contributed by atoms with van der Waals surface area (Å²) in [6, 6.07) is 18.2. The number of H-pyrrole nitrogens is 1. The van der Waals surface area contributed by atoms with Gasteiger partial charge in [-0.15, -0.1) is 0 Å². The van der Waals surface area contributed by atoms with Crippen LogP contribution in [0.4, 0.5) is 5.69 Å². The number of rotatable bonds is 5. The second-order valence-electron chi connectivity index (χ2n) is 5.35. The van der Waals surface area contributed by atoms with Crippen molar-refractivity contribution < 1.29 is 0 Å². The lowest BCUT2D eigenvalue weighted by Crippen LogP contribution is -2.05. The number of nitrogens with one attached hydrogen (secondary N) is 2. The van der Waals surface area contributed by atoms with E-state index >= 15 is 0 Å². The largest absolute Gasteiger partial charge is 0.381 e. The molecular weight excluding hydrogens is 300 g/mol. The standard InChI is InChI=1S/C18H16N6/c1-2-8-17(24-10-4-9-22-24)15(5-1)12-19-16-7-3-6-14(11-16)18-20-13-21-23-18/h1-11,13,19H,12H2,(H,20,21,23). The molecule has 4 aromatic rings. The Kier molecular flexibility index (Phi) is 3.77. The van der Waals surface area contributed by atoms with Crippen LogP contribution in [-0.2, 0) is 6.54 Å². The summed E-state index contributed by atoms with van der Waals surface area (Å²) in [7, 11) is 0. The third-order valence-electron chi connectivity index (χ3n) is 3.78. The molecule has 2 N–H and O–H groups in total.